The Labute approximate surface area is 116 Å². The third-order valence-corrected chi connectivity index (χ3v) is 3.63. The van der Waals surface area contributed by atoms with Crippen molar-refractivity contribution < 1.29 is 8.78 Å². The van der Waals surface area contributed by atoms with E-state index in [4.69, 9.17) is 0 Å². The molecule has 0 spiro atoms. The number of rotatable bonds is 6. The quantitative estimate of drug-likeness (QED) is 0.637. The molecule has 0 bridgehead atoms. The van der Waals surface area contributed by atoms with Gasteiger partial charge in [-0.25, -0.2) is 8.78 Å². The summed E-state index contributed by atoms with van der Waals surface area (Å²) in [6.07, 6.45) is 0. The normalized spacial score (nSPS) is 10.6. The second-order valence-corrected chi connectivity index (χ2v) is 5.24. The lowest BCUT2D eigenvalue weighted by Crippen LogP contribution is -2.17. The average molecular weight is 279 g/mol. The standard InChI is InChI=1S/C15H15F2NS/c16-13-6-7-15(17)12(10-13)11-18-8-9-19-14-4-2-1-3-5-14/h1-7,10,18H,8-9,11H2. The molecule has 1 N–H and O–H groups in total. The van der Waals surface area contributed by atoms with Crippen molar-refractivity contribution in [2.45, 2.75) is 11.4 Å². The lowest BCUT2D eigenvalue weighted by atomic mass is 10.2. The highest BCUT2D eigenvalue weighted by molar-refractivity contribution is 7.99. The van der Waals surface area contributed by atoms with Crippen LogP contribution in [0.15, 0.2) is 53.4 Å². The summed E-state index contributed by atoms with van der Waals surface area (Å²) in [4.78, 5) is 1.21. The number of halogens is 2. The Morgan fingerprint density at radius 1 is 1.00 bits per heavy atom. The third kappa shape index (κ3) is 4.65. The minimum absolute atomic E-state index is 0.346. The minimum Gasteiger partial charge on any atom is -0.312 e. The molecule has 1 nitrogen and oxygen atoms in total. The van der Waals surface area contributed by atoms with E-state index in [9.17, 15) is 8.78 Å². The summed E-state index contributed by atoms with van der Waals surface area (Å²) < 4.78 is 26.3. The van der Waals surface area contributed by atoms with E-state index in [0.29, 0.717) is 12.1 Å². The lowest BCUT2D eigenvalue weighted by Gasteiger charge is -2.06. The summed E-state index contributed by atoms with van der Waals surface area (Å²) in [6, 6.07) is 13.6. The van der Waals surface area contributed by atoms with Gasteiger partial charge in [0.1, 0.15) is 11.6 Å². The topological polar surface area (TPSA) is 12.0 Å². The number of thioether (sulfide) groups is 1. The summed E-state index contributed by atoms with van der Waals surface area (Å²) in [5, 5.41) is 3.11. The first-order valence-corrected chi connectivity index (χ1v) is 7.07. The van der Waals surface area contributed by atoms with Crippen LogP contribution >= 0.6 is 11.8 Å². The van der Waals surface area contributed by atoms with E-state index in [-0.39, 0.29) is 5.82 Å². The highest BCUT2D eigenvalue weighted by Gasteiger charge is 2.02. The second kappa shape index (κ2) is 7.26. The van der Waals surface area contributed by atoms with Gasteiger partial charge in [0.15, 0.2) is 0 Å². The first-order valence-electron chi connectivity index (χ1n) is 6.08. The third-order valence-electron chi connectivity index (χ3n) is 2.61. The van der Waals surface area contributed by atoms with E-state index in [1.165, 1.54) is 11.0 Å². The fraction of sp³-hybridized carbons (Fsp3) is 0.200. The van der Waals surface area contributed by atoms with Gasteiger partial charge in [0.25, 0.3) is 0 Å². The van der Waals surface area contributed by atoms with Gasteiger partial charge < -0.3 is 5.32 Å². The van der Waals surface area contributed by atoms with Crippen LogP contribution in [0.3, 0.4) is 0 Å². The molecule has 0 saturated heterocycles. The molecule has 0 amide bonds. The zero-order valence-electron chi connectivity index (χ0n) is 10.4. The van der Waals surface area contributed by atoms with Crippen LogP contribution in [-0.4, -0.2) is 12.3 Å². The van der Waals surface area contributed by atoms with Crippen LogP contribution < -0.4 is 5.32 Å². The maximum atomic E-state index is 13.3. The zero-order chi connectivity index (χ0) is 13.5. The van der Waals surface area contributed by atoms with Gasteiger partial charge in [0, 0.05) is 29.3 Å². The van der Waals surface area contributed by atoms with Gasteiger partial charge in [0.05, 0.1) is 0 Å². The molecule has 2 aromatic rings. The van der Waals surface area contributed by atoms with Crippen molar-refractivity contribution in [2.75, 3.05) is 12.3 Å². The van der Waals surface area contributed by atoms with Crippen molar-refractivity contribution in [3.05, 3.63) is 65.7 Å². The molecule has 2 aromatic carbocycles. The summed E-state index contributed by atoms with van der Waals surface area (Å²) in [6.45, 7) is 1.09. The molecule has 0 atom stereocenters. The van der Waals surface area contributed by atoms with Crippen LogP contribution in [0.25, 0.3) is 0 Å². The molecule has 0 heterocycles. The van der Waals surface area contributed by atoms with Crippen LogP contribution in [-0.2, 0) is 6.54 Å². The van der Waals surface area contributed by atoms with Crippen LogP contribution in [0.2, 0.25) is 0 Å². The fourth-order valence-electron chi connectivity index (χ4n) is 1.66. The monoisotopic (exact) mass is 279 g/mol. The van der Waals surface area contributed by atoms with Gasteiger partial charge in [-0.1, -0.05) is 18.2 Å². The molecule has 100 valence electrons. The molecule has 0 unspecified atom stereocenters. The summed E-state index contributed by atoms with van der Waals surface area (Å²) in [7, 11) is 0. The fourth-order valence-corrected chi connectivity index (χ4v) is 2.49. The Bertz CT molecular complexity index is 517. The highest BCUT2D eigenvalue weighted by atomic mass is 32.2. The maximum Gasteiger partial charge on any atom is 0.127 e. The van der Waals surface area contributed by atoms with Gasteiger partial charge in [0.2, 0.25) is 0 Å². The number of hydrogen-bond donors (Lipinski definition) is 1. The van der Waals surface area contributed by atoms with Crippen molar-refractivity contribution in [1.29, 1.82) is 0 Å². The van der Waals surface area contributed by atoms with Crippen LogP contribution in [0.4, 0.5) is 8.78 Å². The van der Waals surface area contributed by atoms with Gasteiger partial charge in [-0.3, -0.25) is 0 Å². The molecule has 0 aliphatic rings. The first kappa shape index (κ1) is 14.0. The largest absolute Gasteiger partial charge is 0.312 e. The Morgan fingerprint density at radius 3 is 2.58 bits per heavy atom. The first-order chi connectivity index (χ1) is 9.25. The van der Waals surface area contributed by atoms with Crippen LogP contribution in [0, 0.1) is 11.6 Å². The van der Waals surface area contributed by atoms with E-state index in [2.05, 4.69) is 17.4 Å². The van der Waals surface area contributed by atoms with E-state index in [1.807, 2.05) is 18.2 Å². The molecule has 4 heteroatoms. The molecule has 0 aromatic heterocycles. The SMILES string of the molecule is Fc1ccc(F)c(CNCCSc2ccccc2)c1. The molecule has 0 saturated carbocycles. The molecule has 19 heavy (non-hydrogen) atoms. The number of nitrogens with one attached hydrogen (secondary N) is 1. The van der Waals surface area contributed by atoms with Crippen molar-refractivity contribution in [3.8, 4) is 0 Å². The highest BCUT2D eigenvalue weighted by Crippen LogP contribution is 2.16. The number of hydrogen-bond acceptors (Lipinski definition) is 2. The molecule has 0 aliphatic heterocycles. The van der Waals surface area contributed by atoms with Gasteiger partial charge >= 0.3 is 0 Å². The van der Waals surface area contributed by atoms with Gasteiger partial charge in [-0.2, -0.15) is 0 Å². The number of benzene rings is 2. The van der Waals surface area contributed by atoms with E-state index >= 15 is 0 Å². The molecule has 2 rings (SSSR count). The Balaban J connectivity index is 1.71. The summed E-state index contributed by atoms with van der Waals surface area (Å²) >= 11 is 1.73. The van der Waals surface area contributed by atoms with Crippen LogP contribution in [0.1, 0.15) is 5.56 Å². The Kier molecular flexibility index (Phi) is 5.36. The summed E-state index contributed by atoms with van der Waals surface area (Å²) in [5.74, 6) is 0.113. The molecule has 0 radical (unpaired) electrons. The smallest absolute Gasteiger partial charge is 0.127 e. The molecule has 0 fully saturated rings. The second-order valence-electron chi connectivity index (χ2n) is 4.07. The van der Waals surface area contributed by atoms with Gasteiger partial charge in [-0.15, -0.1) is 11.8 Å². The predicted octanol–water partition coefficient (Wildman–Crippen LogP) is 3.85. The maximum absolute atomic E-state index is 13.3. The van der Waals surface area contributed by atoms with Crippen molar-refractivity contribution in [1.82, 2.24) is 5.32 Å². The van der Waals surface area contributed by atoms with Gasteiger partial charge in [-0.05, 0) is 30.3 Å². The van der Waals surface area contributed by atoms with Crippen molar-refractivity contribution in [2.24, 2.45) is 0 Å². The van der Waals surface area contributed by atoms with E-state index in [1.54, 1.807) is 11.8 Å². The average Bonchev–Trinajstić information content (AvgIpc) is 2.43. The minimum atomic E-state index is -0.406. The molecular formula is C15H15F2NS. The molecular weight excluding hydrogens is 264 g/mol. The lowest BCUT2D eigenvalue weighted by molar-refractivity contribution is 0.573. The zero-order valence-corrected chi connectivity index (χ0v) is 11.2. The molecule has 0 aliphatic carbocycles. The summed E-state index contributed by atoms with van der Waals surface area (Å²) in [5.41, 5.74) is 0.365. The van der Waals surface area contributed by atoms with Crippen molar-refractivity contribution in [3.63, 3.8) is 0 Å². The Hall–Kier alpha value is -1.39. The predicted molar refractivity (Wildman–Crippen MR) is 75.2 cm³/mol. The van der Waals surface area contributed by atoms with Crippen molar-refractivity contribution >= 4 is 11.8 Å². The Morgan fingerprint density at radius 2 is 1.79 bits per heavy atom. The van der Waals surface area contributed by atoms with E-state index < -0.39 is 5.82 Å². The van der Waals surface area contributed by atoms with Crippen LogP contribution in [0.5, 0.6) is 0 Å². The van der Waals surface area contributed by atoms with E-state index in [0.717, 1.165) is 24.4 Å².